The Morgan fingerprint density at radius 2 is 1.70 bits per heavy atom. The molecule has 0 saturated carbocycles. The number of amides is 2. The van der Waals surface area contributed by atoms with E-state index in [2.05, 4.69) is 4.98 Å². The first-order chi connectivity index (χ1) is 21.1. The Bertz CT molecular complexity index is 1690. The molecule has 8 nitrogen and oxygen atoms in total. The Kier molecular flexibility index (Phi) is 7.86. The predicted molar refractivity (Wildman–Crippen MR) is 155 cm³/mol. The van der Waals surface area contributed by atoms with E-state index in [1.165, 1.54) is 18.3 Å². The van der Waals surface area contributed by atoms with Crippen LogP contribution in [0.25, 0.3) is 0 Å². The molecule has 2 amide bonds. The second-order valence-electron chi connectivity index (χ2n) is 10.6. The van der Waals surface area contributed by atoms with Gasteiger partial charge in [0.2, 0.25) is 12.7 Å². The minimum Gasteiger partial charge on any atom is -0.454 e. The number of rotatable bonds is 8. The van der Waals surface area contributed by atoms with E-state index < -0.39 is 11.7 Å². The number of urea groups is 1. The number of pyridine rings is 1. The summed E-state index contributed by atoms with van der Waals surface area (Å²) in [4.78, 5) is 33.8. The lowest BCUT2D eigenvalue weighted by molar-refractivity contribution is -0.137. The van der Waals surface area contributed by atoms with Crippen LogP contribution in [0.15, 0.2) is 79.0 Å². The first-order valence-corrected chi connectivity index (χ1v) is 14.0. The average molecular weight is 604 g/mol. The summed E-state index contributed by atoms with van der Waals surface area (Å²) < 4.78 is 55.2. The predicted octanol–water partition coefficient (Wildman–Crippen LogP) is 7.19. The number of alkyl halides is 3. The molecule has 0 bridgehead atoms. The molecule has 11 heteroatoms. The maximum Gasteiger partial charge on any atom is 0.416 e. The molecule has 0 atom stereocenters. The molecule has 1 aromatic heterocycles. The van der Waals surface area contributed by atoms with Crippen molar-refractivity contribution in [2.75, 3.05) is 24.8 Å². The maximum atomic E-state index is 13.4. The third-order valence-electron chi connectivity index (χ3n) is 7.50. The number of ketones is 1. The smallest absolute Gasteiger partial charge is 0.416 e. The van der Waals surface area contributed by atoms with Gasteiger partial charge in [0.25, 0.3) is 0 Å². The number of carbonyl (C=O) groups is 2. The quantitative estimate of drug-likeness (QED) is 0.198. The van der Waals surface area contributed by atoms with Crippen molar-refractivity contribution in [3.05, 3.63) is 107 Å². The molecule has 4 aromatic rings. The van der Waals surface area contributed by atoms with E-state index in [0.717, 1.165) is 35.4 Å². The molecule has 3 heterocycles. The van der Waals surface area contributed by atoms with Gasteiger partial charge < -0.3 is 19.1 Å². The van der Waals surface area contributed by atoms with Gasteiger partial charge >= 0.3 is 12.2 Å². The number of benzene rings is 3. The number of fused-ring (bicyclic) bond motifs is 1. The molecule has 3 aromatic carbocycles. The van der Waals surface area contributed by atoms with Gasteiger partial charge in [0.15, 0.2) is 17.3 Å². The van der Waals surface area contributed by atoms with Crippen molar-refractivity contribution in [3.63, 3.8) is 0 Å². The molecule has 6 rings (SSSR count). The number of aromatic nitrogens is 1. The van der Waals surface area contributed by atoms with Gasteiger partial charge in [-0.2, -0.15) is 13.2 Å². The van der Waals surface area contributed by atoms with Crippen LogP contribution in [0, 0.1) is 6.92 Å². The number of Topliss-reactive ketones (excluding diaryl/α,β-unsaturated/α-hetero) is 1. The van der Waals surface area contributed by atoms with Crippen LogP contribution in [0.5, 0.6) is 23.1 Å². The second-order valence-corrected chi connectivity index (χ2v) is 10.6. The molecule has 0 aliphatic carbocycles. The highest BCUT2D eigenvalue weighted by molar-refractivity contribution is 5.97. The van der Waals surface area contributed by atoms with Crippen molar-refractivity contribution < 1.29 is 37.0 Å². The largest absolute Gasteiger partial charge is 0.454 e. The van der Waals surface area contributed by atoms with Crippen molar-refractivity contribution in [2.24, 2.45) is 0 Å². The average Bonchev–Trinajstić information content (AvgIpc) is 3.48. The van der Waals surface area contributed by atoms with Gasteiger partial charge in [0, 0.05) is 49.6 Å². The number of nitrogens with zero attached hydrogens (tertiary/aromatic N) is 3. The van der Waals surface area contributed by atoms with Crippen LogP contribution in [0.2, 0.25) is 0 Å². The third-order valence-corrected chi connectivity index (χ3v) is 7.50. The van der Waals surface area contributed by atoms with E-state index >= 15 is 0 Å². The van der Waals surface area contributed by atoms with E-state index in [1.807, 2.05) is 42.2 Å². The molecule has 0 N–H and O–H groups in total. The number of ether oxygens (including phenoxy) is 3. The zero-order valence-corrected chi connectivity index (χ0v) is 23.8. The van der Waals surface area contributed by atoms with Crippen LogP contribution in [0.4, 0.5) is 23.7 Å². The zero-order valence-electron chi connectivity index (χ0n) is 23.8. The highest BCUT2D eigenvalue weighted by Crippen LogP contribution is 2.34. The summed E-state index contributed by atoms with van der Waals surface area (Å²) in [5, 5.41) is 0. The van der Waals surface area contributed by atoms with E-state index in [0.29, 0.717) is 48.3 Å². The fourth-order valence-electron chi connectivity index (χ4n) is 5.16. The molecule has 0 unspecified atom stereocenters. The van der Waals surface area contributed by atoms with Crippen LogP contribution in [-0.2, 0) is 19.1 Å². The minimum absolute atomic E-state index is 0.0120. The number of anilines is 1. The molecule has 1 fully saturated rings. The van der Waals surface area contributed by atoms with E-state index in [1.54, 1.807) is 23.1 Å². The summed E-state index contributed by atoms with van der Waals surface area (Å²) in [6, 6.07) is 18.6. The Hall–Kier alpha value is -5.06. The van der Waals surface area contributed by atoms with E-state index in [-0.39, 0.29) is 30.6 Å². The van der Waals surface area contributed by atoms with Crippen molar-refractivity contribution >= 4 is 17.5 Å². The monoisotopic (exact) mass is 603 g/mol. The summed E-state index contributed by atoms with van der Waals surface area (Å²) in [7, 11) is 0. The third kappa shape index (κ3) is 6.31. The number of aryl methyl sites for hydroxylation is 1. The van der Waals surface area contributed by atoms with Crippen LogP contribution in [0.1, 0.15) is 39.0 Å². The number of halogens is 3. The molecule has 0 spiro atoms. The molecule has 2 aliphatic heterocycles. The fourth-order valence-corrected chi connectivity index (χ4v) is 5.16. The summed E-state index contributed by atoms with van der Waals surface area (Å²) in [5.41, 5.74) is 2.53. The van der Waals surface area contributed by atoms with Gasteiger partial charge in [0.05, 0.1) is 5.56 Å². The van der Waals surface area contributed by atoms with Crippen molar-refractivity contribution in [3.8, 4) is 23.1 Å². The molecule has 0 radical (unpaired) electrons. The van der Waals surface area contributed by atoms with E-state index in [4.69, 9.17) is 14.2 Å². The lowest BCUT2D eigenvalue weighted by Gasteiger charge is -2.36. The van der Waals surface area contributed by atoms with Gasteiger partial charge in [-0.1, -0.05) is 24.3 Å². The molecule has 44 heavy (non-hydrogen) atoms. The Morgan fingerprint density at radius 3 is 2.43 bits per heavy atom. The molecular formula is C33H28F3N3O5. The van der Waals surface area contributed by atoms with Crippen molar-refractivity contribution in [2.45, 2.75) is 32.5 Å². The van der Waals surface area contributed by atoms with Gasteiger partial charge in [-0.05, 0) is 72.5 Å². The van der Waals surface area contributed by atoms with E-state index in [9.17, 15) is 22.8 Å². The second kappa shape index (κ2) is 11.9. The van der Waals surface area contributed by atoms with Gasteiger partial charge in [0.1, 0.15) is 5.75 Å². The summed E-state index contributed by atoms with van der Waals surface area (Å²) in [6.45, 7) is 3.80. The zero-order chi connectivity index (χ0) is 30.8. The maximum absolute atomic E-state index is 13.4. The lowest BCUT2D eigenvalue weighted by Crippen LogP contribution is -2.49. The molecular weight excluding hydrogens is 575 g/mol. The molecule has 226 valence electrons. The van der Waals surface area contributed by atoms with Crippen LogP contribution in [-0.4, -0.2) is 41.6 Å². The Morgan fingerprint density at radius 1 is 0.932 bits per heavy atom. The summed E-state index contributed by atoms with van der Waals surface area (Å²) >= 11 is 0. The van der Waals surface area contributed by atoms with Crippen molar-refractivity contribution in [1.82, 2.24) is 9.88 Å². The first-order valence-electron chi connectivity index (χ1n) is 14.0. The van der Waals surface area contributed by atoms with Crippen LogP contribution < -0.4 is 19.1 Å². The first kappa shape index (κ1) is 29.0. The van der Waals surface area contributed by atoms with Crippen molar-refractivity contribution in [1.29, 1.82) is 0 Å². The summed E-state index contributed by atoms with van der Waals surface area (Å²) in [5.74, 6) is 1.95. The standard InChI is InChI=1S/C33H28F3N3O5/c1-21-15-26(39-14-2-13-38(32(39)41)19-23-3-10-29-30(17-23)43-20-42-29)9-11-28(21)44-31-12-4-22(18-37-31)16-27(40)24-5-7-25(8-6-24)33(34,35)36/h3-12,15,17-18H,2,13-14,16,19-20H2,1H3. The number of hydrogen-bond acceptors (Lipinski definition) is 6. The Labute approximate surface area is 251 Å². The molecule has 2 aliphatic rings. The van der Waals surface area contributed by atoms with Gasteiger partial charge in [-0.3, -0.25) is 9.69 Å². The topological polar surface area (TPSA) is 81.2 Å². The highest BCUT2D eigenvalue weighted by atomic mass is 19.4. The van der Waals surface area contributed by atoms with Crippen LogP contribution in [0.3, 0.4) is 0 Å². The van der Waals surface area contributed by atoms with Gasteiger partial charge in [-0.25, -0.2) is 9.78 Å². The SMILES string of the molecule is Cc1cc(N2CCCN(Cc3ccc4c(c3)OCO4)C2=O)ccc1Oc1ccc(CC(=O)c2ccc(C(F)(F)F)cc2)cn1. The molecule has 1 saturated heterocycles. The highest BCUT2D eigenvalue weighted by Gasteiger charge is 2.30. The summed E-state index contributed by atoms with van der Waals surface area (Å²) in [6.07, 6.45) is -2.14. The Balaban J connectivity index is 1.07. The fraction of sp³-hybridized carbons (Fsp3) is 0.242. The van der Waals surface area contributed by atoms with Gasteiger partial charge in [-0.15, -0.1) is 0 Å². The lowest BCUT2D eigenvalue weighted by atomic mass is 10.0. The minimum atomic E-state index is -4.46. The number of hydrogen-bond donors (Lipinski definition) is 0. The normalized spacial score (nSPS) is 14.6. The van der Waals surface area contributed by atoms with Crippen LogP contribution >= 0.6 is 0 Å². The number of carbonyl (C=O) groups excluding carboxylic acids is 2.